The van der Waals surface area contributed by atoms with Crippen LogP contribution in [0.15, 0.2) is 174 Å². The maximum absolute atomic E-state index is 6.21. The summed E-state index contributed by atoms with van der Waals surface area (Å²) in [6.45, 7) is 0. The van der Waals surface area contributed by atoms with Gasteiger partial charge in [0.15, 0.2) is 17.5 Å². The SMILES string of the molecule is c1ccc(-c2nc(-c3cccc(-c4ccc(-n5c6ccccc6c6ccccc65)cc4)c3)nc(-c3ccc4c(c3)oc3ccccc34)n2)cc1. The molecule has 0 atom stereocenters. The molecule has 3 aromatic heterocycles. The van der Waals surface area contributed by atoms with Crippen molar-refractivity contribution in [2.75, 3.05) is 0 Å². The van der Waals surface area contributed by atoms with E-state index in [9.17, 15) is 0 Å². The number of fused-ring (bicyclic) bond motifs is 6. The quantitative estimate of drug-likeness (QED) is 0.188. The van der Waals surface area contributed by atoms with Gasteiger partial charge >= 0.3 is 0 Å². The van der Waals surface area contributed by atoms with Crippen LogP contribution in [-0.2, 0) is 0 Å². The van der Waals surface area contributed by atoms with Gasteiger partial charge in [-0.1, -0.05) is 121 Å². The first-order valence-electron chi connectivity index (χ1n) is 16.7. The first-order chi connectivity index (χ1) is 24.8. The van der Waals surface area contributed by atoms with Gasteiger partial charge in [-0.15, -0.1) is 0 Å². The Morgan fingerprint density at radius 2 is 0.860 bits per heavy atom. The van der Waals surface area contributed by atoms with E-state index in [2.05, 4.69) is 120 Å². The molecule has 0 aliphatic heterocycles. The molecule has 50 heavy (non-hydrogen) atoms. The summed E-state index contributed by atoms with van der Waals surface area (Å²) in [6, 6.07) is 58.7. The molecular formula is C45H28N4O. The second kappa shape index (κ2) is 11.4. The smallest absolute Gasteiger partial charge is 0.164 e. The van der Waals surface area contributed by atoms with E-state index in [-0.39, 0.29) is 0 Å². The molecule has 0 aliphatic rings. The molecule has 10 rings (SSSR count). The predicted molar refractivity (Wildman–Crippen MR) is 203 cm³/mol. The minimum absolute atomic E-state index is 0.595. The van der Waals surface area contributed by atoms with Crippen LogP contribution in [0.1, 0.15) is 0 Å². The zero-order valence-electron chi connectivity index (χ0n) is 26.9. The van der Waals surface area contributed by atoms with Gasteiger partial charge in [-0.25, -0.2) is 15.0 Å². The van der Waals surface area contributed by atoms with Crippen molar-refractivity contribution >= 4 is 43.7 Å². The highest BCUT2D eigenvalue weighted by Gasteiger charge is 2.16. The molecule has 5 nitrogen and oxygen atoms in total. The second-order valence-electron chi connectivity index (χ2n) is 12.5. The molecule has 0 saturated heterocycles. The lowest BCUT2D eigenvalue weighted by Gasteiger charge is -2.11. The van der Waals surface area contributed by atoms with Gasteiger partial charge in [-0.2, -0.15) is 0 Å². The van der Waals surface area contributed by atoms with Crippen LogP contribution in [0.25, 0.3) is 94.7 Å². The molecule has 0 radical (unpaired) electrons. The van der Waals surface area contributed by atoms with E-state index in [1.165, 1.54) is 21.8 Å². The maximum Gasteiger partial charge on any atom is 0.164 e. The summed E-state index contributed by atoms with van der Waals surface area (Å²) in [7, 11) is 0. The summed E-state index contributed by atoms with van der Waals surface area (Å²) in [4.78, 5) is 15.0. The summed E-state index contributed by atoms with van der Waals surface area (Å²) >= 11 is 0. The average molecular weight is 641 g/mol. The van der Waals surface area contributed by atoms with Crippen molar-refractivity contribution < 1.29 is 4.42 Å². The topological polar surface area (TPSA) is 56.7 Å². The van der Waals surface area contributed by atoms with Crippen LogP contribution < -0.4 is 0 Å². The van der Waals surface area contributed by atoms with Crippen molar-refractivity contribution in [2.24, 2.45) is 0 Å². The Morgan fingerprint density at radius 1 is 0.340 bits per heavy atom. The number of nitrogens with zero attached hydrogens (tertiary/aromatic N) is 4. The minimum atomic E-state index is 0.595. The van der Waals surface area contributed by atoms with E-state index in [1.807, 2.05) is 54.6 Å². The van der Waals surface area contributed by atoms with Crippen LogP contribution in [0.4, 0.5) is 0 Å². The van der Waals surface area contributed by atoms with E-state index in [4.69, 9.17) is 19.4 Å². The van der Waals surface area contributed by atoms with Crippen LogP contribution in [0, 0.1) is 0 Å². The van der Waals surface area contributed by atoms with Gasteiger partial charge in [0.25, 0.3) is 0 Å². The van der Waals surface area contributed by atoms with Gasteiger partial charge in [0, 0.05) is 43.9 Å². The molecule has 0 fully saturated rings. The summed E-state index contributed by atoms with van der Waals surface area (Å²) in [5, 5.41) is 4.67. The Labute approximate surface area is 287 Å². The molecule has 0 bridgehead atoms. The lowest BCUT2D eigenvalue weighted by atomic mass is 10.0. The van der Waals surface area contributed by atoms with Crippen LogP contribution >= 0.6 is 0 Å². The fraction of sp³-hybridized carbons (Fsp3) is 0. The fourth-order valence-electron chi connectivity index (χ4n) is 7.06. The number of hydrogen-bond donors (Lipinski definition) is 0. The third kappa shape index (κ3) is 4.67. The molecule has 7 aromatic carbocycles. The lowest BCUT2D eigenvalue weighted by molar-refractivity contribution is 0.669. The molecule has 0 spiro atoms. The number of hydrogen-bond acceptors (Lipinski definition) is 4. The van der Waals surface area contributed by atoms with Crippen LogP contribution in [0.3, 0.4) is 0 Å². The molecule has 3 heterocycles. The molecule has 0 aliphatic carbocycles. The van der Waals surface area contributed by atoms with E-state index in [1.54, 1.807) is 0 Å². The highest BCUT2D eigenvalue weighted by atomic mass is 16.3. The minimum Gasteiger partial charge on any atom is -0.456 e. The Morgan fingerprint density at radius 3 is 1.58 bits per heavy atom. The van der Waals surface area contributed by atoms with Gasteiger partial charge in [-0.05, 0) is 59.7 Å². The van der Waals surface area contributed by atoms with Gasteiger partial charge in [0.05, 0.1) is 11.0 Å². The Bertz CT molecular complexity index is 2810. The average Bonchev–Trinajstić information content (AvgIpc) is 3.74. The summed E-state index contributed by atoms with van der Waals surface area (Å²) < 4.78 is 8.55. The van der Waals surface area contributed by atoms with Crippen molar-refractivity contribution in [2.45, 2.75) is 0 Å². The molecule has 0 amide bonds. The highest BCUT2D eigenvalue weighted by molar-refractivity contribution is 6.09. The van der Waals surface area contributed by atoms with Crippen molar-refractivity contribution in [1.29, 1.82) is 0 Å². The maximum atomic E-state index is 6.21. The number of rotatable bonds is 5. The summed E-state index contributed by atoms with van der Waals surface area (Å²) in [6.07, 6.45) is 0. The van der Waals surface area contributed by atoms with Crippen molar-refractivity contribution in [3.8, 4) is 51.0 Å². The Kier molecular flexibility index (Phi) is 6.42. The largest absolute Gasteiger partial charge is 0.456 e. The van der Waals surface area contributed by atoms with E-state index < -0.39 is 0 Å². The molecule has 0 saturated carbocycles. The molecule has 234 valence electrons. The van der Waals surface area contributed by atoms with Crippen LogP contribution in [0.5, 0.6) is 0 Å². The van der Waals surface area contributed by atoms with Gasteiger partial charge < -0.3 is 8.98 Å². The number of benzene rings is 7. The van der Waals surface area contributed by atoms with Crippen LogP contribution in [-0.4, -0.2) is 19.5 Å². The van der Waals surface area contributed by atoms with E-state index in [0.29, 0.717) is 17.5 Å². The lowest BCUT2D eigenvalue weighted by Crippen LogP contribution is -2.00. The standard InChI is InChI=1S/C45H28N4O/c1-2-11-30(12-3-1)43-46-44(48-45(47-43)33-23-26-38-37-17-6-9-20-41(37)50-42(38)28-33)32-14-10-13-31(27-32)29-21-24-34(25-22-29)49-39-18-7-4-15-35(39)36-16-5-8-19-40(36)49/h1-28H. The van der Waals surface area contributed by atoms with Crippen LogP contribution in [0.2, 0.25) is 0 Å². The third-order valence-electron chi connectivity index (χ3n) is 9.46. The zero-order chi connectivity index (χ0) is 33.0. The molecular weight excluding hydrogens is 613 g/mol. The highest BCUT2D eigenvalue weighted by Crippen LogP contribution is 2.35. The molecule has 5 heteroatoms. The Hall–Kier alpha value is -6.85. The first kappa shape index (κ1) is 28.2. The first-order valence-corrected chi connectivity index (χ1v) is 16.7. The summed E-state index contributed by atoms with van der Waals surface area (Å²) in [5.41, 5.74) is 10.1. The predicted octanol–water partition coefficient (Wildman–Crippen LogP) is 11.5. The van der Waals surface area contributed by atoms with Crippen molar-refractivity contribution in [3.63, 3.8) is 0 Å². The zero-order valence-corrected chi connectivity index (χ0v) is 26.9. The van der Waals surface area contributed by atoms with Gasteiger partial charge in [-0.3, -0.25) is 0 Å². The van der Waals surface area contributed by atoms with E-state index >= 15 is 0 Å². The van der Waals surface area contributed by atoms with Crippen molar-refractivity contribution in [1.82, 2.24) is 19.5 Å². The molecule has 10 aromatic rings. The number of para-hydroxylation sites is 3. The van der Waals surface area contributed by atoms with Gasteiger partial charge in [0.2, 0.25) is 0 Å². The summed E-state index contributed by atoms with van der Waals surface area (Å²) in [5.74, 6) is 1.83. The fourth-order valence-corrected chi connectivity index (χ4v) is 7.06. The number of furan rings is 1. The second-order valence-corrected chi connectivity index (χ2v) is 12.5. The molecule has 0 N–H and O–H groups in total. The normalized spacial score (nSPS) is 11.6. The number of aromatic nitrogens is 4. The third-order valence-corrected chi connectivity index (χ3v) is 9.46. The monoisotopic (exact) mass is 640 g/mol. The Balaban J connectivity index is 1.06. The van der Waals surface area contributed by atoms with E-state index in [0.717, 1.165) is 55.4 Å². The van der Waals surface area contributed by atoms with Gasteiger partial charge in [0.1, 0.15) is 11.2 Å². The van der Waals surface area contributed by atoms with Crippen molar-refractivity contribution in [3.05, 3.63) is 170 Å². The molecule has 0 unspecified atom stereocenters.